The van der Waals surface area contributed by atoms with Gasteiger partial charge in [0.05, 0.1) is 7.11 Å². The second kappa shape index (κ2) is 6.78. The molecule has 0 aromatic heterocycles. The second-order valence-electron chi connectivity index (χ2n) is 4.97. The van der Waals surface area contributed by atoms with Crippen molar-refractivity contribution in [3.05, 3.63) is 64.2 Å². The summed E-state index contributed by atoms with van der Waals surface area (Å²) in [6.07, 6.45) is 0. The minimum atomic E-state index is 0.238. The van der Waals surface area contributed by atoms with E-state index >= 15 is 0 Å². The van der Waals surface area contributed by atoms with Gasteiger partial charge in [0.25, 0.3) is 0 Å². The molecule has 2 aromatic rings. The van der Waals surface area contributed by atoms with Crippen molar-refractivity contribution >= 4 is 11.6 Å². The Balaban J connectivity index is 2.02. The van der Waals surface area contributed by atoms with Crippen molar-refractivity contribution in [2.45, 2.75) is 26.4 Å². The zero-order chi connectivity index (χ0) is 14.5. The lowest BCUT2D eigenvalue weighted by Gasteiger charge is -2.16. The molecule has 0 unspecified atom stereocenters. The third-order valence-electron chi connectivity index (χ3n) is 3.40. The predicted octanol–water partition coefficient (Wildman–Crippen LogP) is 4.51. The summed E-state index contributed by atoms with van der Waals surface area (Å²) in [5, 5.41) is 4.30. The van der Waals surface area contributed by atoms with Crippen molar-refractivity contribution in [2.24, 2.45) is 0 Å². The van der Waals surface area contributed by atoms with Crippen LogP contribution in [0.5, 0.6) is 5.75 Å². The molecule has 1 atom stereocenters. The molecule has 1 N–H and O–H groups in total. The predicted molar refractivity (Wildman–Crippen MR) is 84.4 cm³/mol. The summed E-state index contributed by atoms with van der Waals surface area (Å²) in [6, 6.07) is 14.5. The number of aryl methyl sites for hydroxylation is 1. The standard InChI is InChI=1S/C17H20ClNO/c1-12-7-8-15(17(18)9-12)11-19-13(2)14-5-4-6-16(10-14)20-3/h4-10,13,19H,11H2,1-3H3/t13-/m1/s1. The third kappa shape index (κ3) is 3.75. The molecule has 2 nitrogen and oxygen atoms in total. The van der Waals surface area contributed by atoms with Gasteiger partial charge in [0, 0.05) is 17.6 Å². The average molecular weight is 290 g/mol. The van der Waals surface area contributed by atoms with Gasteiger partial charge < -0.3 is 10.1 Å². The Morgan fingerprint density at radius 2 is 2.00 bits per heavy atom. The number of methoxy groups -OCH3 is 1. The normalized spacial score (nSPS) is 12.2. The van der Waals surface area contributed by atoms with Crippen LogP contribution >= 0.6 is 11.6 Å². The van der Waals surface area contributed by atoms with E-state index in [1.807, 2.05) is 25.1 Å². The van der Waals surface area contributed by atoms with Crippen molar-refractivity contribution in [2.75, 3.05) is 7.11 Å². The van der Waals surface area contributed by atoms with Crippen molar-refractivity contribution in [3.63, 3.8) is 0 Å². The summed E-state index contributed by atoms with van der Waals surface area (Å²) in [7, 11) is 1.68. The summed E-state index contributed by atoms with van der Waals surface area (Å²) < 4.78 is 5.25. The molecule has 20 heavy (non-hydrogen) atoms. The lowest BCUT2D eigenvalue weighted by Crippen LogP contribution is -2.18. The minimum absolute atomic E-state index is 0.238. The van der Waals surface area contributed by atoms with E-state index in [1.54, 1.807) is 7.11 Å². The number of nitrogens with one attached hydrogen (secondary N) is 1. The lowest BCUT2D eigenvalue weighted by atomic mass is 10.1. The first kappa shape index (κ1) is 14.9. The van der Waals surface area contributed by atoms with Gasteiger partial charge in [-0.3, -0.25) is 0 Å². The monoisotopic (exact) mass is 289 g/mol. The number of benzene rings is 2. The Hall–Kier alpha value is -1.51. The van der Waals surface area contributed by atoms with Gasteiger partial charge in [-0.2, -0.15) is 0 Å². The van der Waals surface area contributed by atoms with Gasteiger partial charge in [-0.05, 0) is 48.7 Å². The molecular formula is C17H20ClNO. The molecule has 0 amide bonds. The highest BCUT2D eigenvalue weighted by molar-refractivity contribution is 6.31. The van der Waals surface area contributed by atoms with Crippen molar-refractivity contribution in [1.82, 2.24) is 5.32 Å². The molecule has 0 saturated carbocycles. The van der Waals surface area contributed by atoms with E-state index in [4.69, 9.17) is 16.3 Å². The molecule has 2 rings (SSSR count). The van der Waals surface area contributed by atoms with Crippen LogP contribution in [-0.2, 0) is 6.54 Å². The quantitative estimate of drug-likeness (QED) is 0.874. The van der Waals surface area contributed by atoms with Gasteiger partial charge in [-0.15, -0.1) is 0 Å². The molecule has 2 aromatic carbocycles. The molecule has 0 saturated heterocycles. The topological polar surface area (TPSA) is 21.3 Å². The summed E-state index contributed by atoms with van der Waals surface area (Å²) in [5.74, 6) is 0.879. The average Bonchev–Trinajstić information content (AvgIpc) is 2.46. The molecule has 0 aliphatic heterocycles. The van der Waals surface area contributed by atoms with Gasteiger partial charge in [0.2, 0.25) is 0 Å². The Kier molecular flexibility index (Phi) is 5.05. The van der Waals surface area contributed by atoms with E-state index in [0.717, 1.165) is 22.9 Å². The number of rotatable bonds is 5. The molecule has 0 radical (unpaired) electrons. The second-order valence-corrected chi connectivity index (χ2v) is 5.38. The fourth-order valence-electron chi connectivity index (χ4n) is 2.09. The molecule has 0 fully saturated rings. The third-order valence-corrected chi connectivity index (χ3v) is 3.75. The fourth-order valence-corrected chi connectivity index (χ4v) is 2.39. The first-order valence-electron chi connectivity index (χ1n) is 6.72. The molecule has 0 aliphatic carbocycles. The van der Waals surface area contributed by atoms with Crippen LogP contribution in [-0.4, -0.2) is 7.11 Å². The van der Waals surface area contributed by atoms with Crippen LogP contribution < -0.4 is 10.1 Å². The molecule has 0 heterocycles. The van der Waals surface area contributed by atoms with E-state index in [0.29, 0.717) is 0 Å². The highest BCUT2D eigenvalue weighted by Crippen LogP contribution is 2.21. The van der Waals surface area contributed by atoms with Gasteiger partial charge >= 0.3 is 0 Å². The molecule has 0 bridgehead atoms. The summed E-state index contributed by atoms with van der Waals surface area (Å²) in [4.78, 5) is 0. The SMILES string of the molecule is COc1cccc([C@@H](C)NCc2ccc(C)cc2Cl)c1. The summed E-state index contributed by atoms with van der Waals surface area (Å²) >= 11 is 6.25. The maximum absolute atomic E-state index is 6.25. The van der Waals surface area contributed by atoms with E-state index in [1.165, 1.54) is 11.1 Å². The summed E-state index contributed by atoms with van der Waals surface area (Å²) in [6.45, 7) is 4.93. The smallest absolute Gasteiger partial charge is 0.119 e. The minimum Gasteiger partial charge on any atom is -0.497 e. The number of hydrogen-bond acceptors (Lipinski definition) is 2. The zero-order valence-electron chi connectivity index (χ0n) is 12.1. The number of ether oxygens (including phenoxy) is 1. The van der Waals surface area contributed by atoms with Crippen LogP contribution in [0, 0.1) is 6.92 Å². The molecule has 0 spiro atoms. The van der Waals surface area contributed by atoms with E-state index in [-0.39, 0.29) is 6.04 Å². The van der Waals surface area contributed by atoms with Crippen LogP contribution in [0.2, 0.25) is 5.02 Å². The van der Waals surface area contributed by atoms with Crippen LogP contribution in [0.15, 0.2) is 42.5 Å². The van der Waals surface area contributed by atoms with Crippen LogP contribution in [0.25, 0.3) is 0 Å². The van der Waals surface area contributed by atoms with E-state index in [9.17, 15) is 0 Å². The van der Waals surface area contributed by atoms with Crippen LogP contribution in [0.3, 0.4) is 0 Å². The highest BCUT2D eigenvalue weighted by atomic mass is 35.5. The van der Waals surface area contributed by atoms with Crippen LogP contribution in [0.1, 0.15) is 29.7 Å². The maximum Gasteiger partial charge on any atom is 0.119 e. The lowest BCUT2D eigenvalue weighted by molar-refractivity contribution is 0.413. The molecular weight excluding hydrogens is 270 g/mol. The highest BCUT2D eigenvalue weighted by Gasteiger charge is 2.07. The Morgan fingerprint density at radius 3 is 2.70 bits per heavy atom. The van der Waals surface area contributed by atoms with Gasteiger partial charge in [-0.1, -0.05) is 35.9 Å². The van der Waals surface area contributed by atoms with Crippen molar-refractivity contribution < 1.29 is 4.74 Å². The molecule has 3 heteroatoms. The fraction of sp³-hybridized carbons (Fsp3) is 0.294. The molecule has 0 aliphatic rings. The van der Waals surface area contributed by atoms with Crippen molar-refractivity contribution in [3.8, 4) is 5.75 Å². The Labute approximate surface area is 125 Å². The first-order valence-corrected chi connectivity index (χ1v) is 7.10. The van der Waals surface area contributed by atoms with Crippen LogP contribution in [0.4, 0.5) is 0 Å². The van der Waals surface area contributed by atoms with E-state index in [2.05, 4.69) is 36.5 Å². The van der Waals surface area contributed by atoms with Gasteiger partial charge in [-0.25, -0.2) is 0 Å². The number of hydrogen-bond donors (Lipinski definition) is 1. The van der Waals surface area contributed by atoms with Gasteiger partial charge in [0.15, 0.2) is 0 Å². The number of halogens is 1. The summed E-state index contributed by atoms with van der Waals surface area (Å²) in [5.41, 5.74) is 3.50. The zero-order valence-corrected chi connectivity index (χ0v) is 12.9. The van der Waals surface area contributed by atoms with E-state index < -0.39 is 0 Å². The van der Waals surface area contributed by atoms with Crippen molar-refractivity contribution in [1.29, 1.82) is 0 Å². The Morgan fingerprint density at radius 1 is 1.20 bits per heavy atom. The maximum atomic E-state index is 6.25. The Bertz CT molecular complexity index is 583. The largest absolute Gasteiger partial charge is 0.497 e. The first-order chi connectivity index (χ1) is 9.60. The molecule has 106 valence electrons. The van der Waals surface area contributed by atoms with Gasteiger partial charge in [0.1, 0.15) is 5.75 Å².